The van der Waals surface area contributed by atoms with Crippen LogP contribution in [-0.2, 0) is 7.05 Å². The number of hydrogen-bond acceptors (Lipinski definition) is 3. The molecule has 1 aromatic carbocycles. The van der Waals surface area contributed by atoms with Gasteiger partial charge in [-0.3, -0.25) is 4.68 Å². The molecule has 0 unspecified atom stereocenters. The summed E-state index contributed by atoms with van der Waals surface area (Å²) in [5.41, 5.74) is 1.82. The number of carboxylic acid groups (broad SMARTS) is 1. The highest BCUT2D eigenvalue weighted by molar-refractivity contribution is 5.93. The summed E-state index contributed by atoms with van der Waals surface area (Å²) in [6.07, 6.45) is 1.64. The zero-order valence-electron chi connectivity index (χ0n) is 9.08. The fourth-order valence-corrected chi connectivity index (χ4v) is 1.58. The van der Waals surface area contributed by atoms with Gasteiger partial charge in [0.15, 0.2) is 5.69 Å². The summed E-state index contributed by atoms with van der Waals surface area (Å²) >= 11 is 0. The number of carboxylic acids is 1. The second kappa shape index (κ2) is 4.10. The van der Waals surface area contributed by atoms with E-state index in [1.54, 1.807) is 37.5 Å². The Bertz CT molecular complexity index is 606. The SMILES string of the molecule is Cn1cc(-c2ccc(C#N)cc2)c(C(=O)O)n1. The van der Waals surface area contributed by atoms with Crippen LogP contribution in [0.2, 0.25) is 0 Å². The molecule has 0 amide bonds. The zero-order valence-corrected chi connectivity index (χ0v) is 9.08. The molecule has 1 aromatic heterocycles. The lowest BCUT2D eigenvalue weighted by Gasteiger charge is -1.98. The van der Waals surface area contributed by atoms with Crippen molar-refractivity contribution < 1.29 is 9.90 Å². The first-order valence-electron chi connectivity index (χ1n) is 4.89. The van der Waals surface area contributed by atoms with Crippen molar-refractivity contribution in [3.8, 4) is 17.2 Å². The first-order chi connectivity index (χ1) is 8.11. The van der Waals surface area contributed by atoms with Crippen LogP contribution in [0.3, 0.4) is 0 Å². The van der Waals surface area contributed by atoms with Crippen LogP contribution < -0.4 is 0 Å². The summed E-state index contributed by atoms with van der Waals surface area (Å²) < 4.78 is 1.46. The average molecular weight is 227 g/mol. The molecule has 84 valence electrons. The van der Waals surface area contributed by atoms with Gasteiger partial charge in [0.1, 0.15) is 0 Å². The summed E-state index contributed by atoms with van der Waals surface area (Å²) in [6, 6.07) is 8.73. The molecule has 0 bridgehead atoms. The highest BCUT2D eigenvalue weighted by Gasteiger charge is 2.15. The second-order valence-electron chi connectivity index (χ2n) is 3.56. The molecule has 0 spiro atoms. The zero-order chi connectivity index (χ0) is 12.4. The van der Waals surface area contributed by atoms with Crippen molar-refractivity contribution in [2.75, 3.05) is 0 Å². The van der Waals surface area contributed by atoms with Crippen molar-refractivity contribution in [1.82, 2.24) is 9.78 Å². The lowest BCUT2D eigenvalue weighted by atomic mass is 10.0. The molecule has 1 N–H and O–H groups in total. The third-order valence-corrected chi connectivity index (χ3v) is 2.36. The van der Waals surface area contributed by atoms with E-state index in [1.165, 1.54) is 4.68 Å². The van der Waals surface area contributed by atoms with Crippen LogP contribution in [0.5, 0.6) is 0 Å². The number of nitriles is 1. The molecule has 2 aromatic rings. The molecule has 5 nitrogen and oxygen atoms in total. The van der Waals surface area contributed by atoms with Gasteiger partial charge in [-0.1, -0.05) is 12.1 Å². The molecular weight excluding hydrogens is 218 g/mol. The Hall–Kier alpha value is -2.61. The van der Waals surface area contributed by atoms with Crippen LogP contribution in [0.4, 0.5) is 0 Å². The molecule has 0 saturated carbocycles. The largest absolute Gasteiger partial charge is 0.476 e. The highest BCUT2D eigenvalue weighted by Crippen LogP contribution is 2.23. The summed E-state index contributed by atoms with van der Waals surface area (Å²) in [6.45, 7) is 0. The third kappa shape index (κ3) is 2.01. The van der Waals surface area contributed by atoms with E-state index in [4.69, 9.17) is 10.4 Å². The van der Waals surface area contributed by atoms with Crippen molar-refractivity contribution in [1.29, 1.82) is 5.26 Å². The maximum absolute atomic E-state index is 11.0. The number of aryl methyl sites for hydroxylation is 1. The van der Waals surface area contributed by atoms with E-state index in [0.29, 0.717) is 11.1 Å². The van der Waals surface area contributed by atoms with E-state index in [2.05, 4.69) is 5.10 Å². The predicted molar refractivity (Wildman–Crippen MR) is 60.3 cm³/mol. The number of benzene rings is 1. The maximum atomic E-state index is 11.0. The smallest absolute Gasteiger partial charge is 0.357 e. The van der Waals surface area contributed by atoms with Crippen LogP contribution in [0, 0.1) is 11.3 Å². The summed E-state index contributed by atoms with van der Waals surface area (Å²) in [5.74, 6) is -1.06. The van der Waals surface area contributed by atoms with Crippen molar-refractivity contribution >= 4 is 5.97 Å². The minimum absolute atomic E-state index is 0.0113. The van der Waals surface area contributed by atoms with Crippen LogP contribution in [-0.4, -0.2) is 20.9 Å². The molecule has 0 fully saturated rings. The lowest BCUT2D eigenvalue weighted by molar-refractivity contribution is 0.0690. The number of carbonyl (C=O) groups is 1. The number of aromatic nitrogens is 2. The Labute approximate surface area is 97.5 Å². The van der Waals surface area contributed by atoms with Crippen LogP contribution >= 0.6 is 0 Å². The van der Waals surface area contributed by atoms with Gasteiger partial charge >= 0.3 is 5.97 Å². The minimum Gasteiger partial charge on any atom is -0.476 e. The molecule has 1 heterocycles. The molecular formula is C12H9N3O2. The van der Waals surface area contributed by atoms with Crippen molar-refractivity contribution in [3.63, 3.8) is 0 Å². The third-order valence-electron chi connectivity index (χ3n) is 2.36. The van der Waals surface area contributed by atoms with Gasteiger partial charge < -0.3 is 5.11 Å². The Kier molecular flexibility index (Phi) is 2.63. The van der Waals surface area contributed by atoms with E-state index in [1.807, 2.05) is 6.07 Å². The fourth-order valence-electron chi connectivity index (χ4n) is 1.58. The summed E-state index contributed by atoms with van der Waals surface area (Å²) in [7, 11) is 1.67. The molecule has 17 heavy (non-hydrogen) atoms. The van der Waals surface area contributed by atoms with Gasteiger partial charge in [0.25, 0.3) is 0 Å². The van der Waals surface area contributed by atoms with E-state index in [-0.39, 0.29) is 5.69 Å². The van der Waals surface area contributed by atoms with Crippen LogP contribution in [0.1, 0.15) is 16.1 Å². The van der Waals surface area contributed by atoms with E-state index in [9.17, 15) is 4.79 Å². The quantitative estimate of drug-likeness (QED) is 0.846. The molecule has 0 aliphatic rings. The van der Waals surface area contributed by atoms with Crippen molar-refractivity contribution in [2.24, 2.45) is 7.05 Å². The van der Waals surface area contributed by atoms with Gasteiger partial charge in [0.2, 0.25) is 0 Å². The number of hydrogen-bond donors (Lipinski definition) is 1. The first-order valence-corrected chi connectivity index (χ1v) is 4.89. The standard InChI is InChI=1S/C12H9N3O2/c1-15-7-10(11(14-15)12(16)17)9-4-2-8(6-13)3-5-9/h2-5,7H,1H3,(H,16,17). The van der Waals surface area contributed by atoms with Gasteiger partial charge in [-0.2, -0.15) is 10.4 Å². The van der Waals surface area contributed by atoms with Crippen LogP contribution in [0.15, 0.2) is 30.5 Å². The Balaban J connectivity index is 2.52. The molecule has 0 radical (unpaired) electrons. The van der Waals surface area contributed by atoms with E-state index < -0.39 is 5.97 Å². The van der Waals surface area contributed by atoms with E-state index in [0.717, 1.165) is 5.56 Å². The number of aromatic carboxylic acids is 1. The van der Waals surface area contributed by atoms with E-state index >= 15 is 0 Å². The predicted octanol–water partition coefficient (Wildman–Crippen LogP) is 1.66. The van der Waals surface area contributed by atoms with Gasteiger partial charge in [-0.25, -0.2) is 4.79 Å². The molecule has 0 atom stereocenters. The van der Waals surface area contributed by atoms with Crippen molar-refractivity contribution in [3.05, 3.63) is 41.7 Å². The topological polar surface area (TPSA) is 78.9 Å². The fraction of sp³-hybridized carbons (Fsp3) is 0.0833. The first kappa shape index (κ1) is 10.9. The number of rotatable bonds is 2. The molecule has 0 aliphatic carbocycles. The highest BCUT2D eigenvalue weighted by atomic mass is 16.4. The lowest BCUT2D eigenvalue weighted by Crippen LogP contribution is -2.00. The van der Waals surface area contributed by atoms with Gasteiger partial charge in [0.05, 0.1) is 11.6 Å². The molecule has 2 rings (SSSR count). The number of nitrogens with zero attached hydrogens (tertiary/aromatic N) is 3. The Morgan fingerprint density at radius 2 is 2.06 bits per heavy atom. The molecule has 5 heteroatoms. The normalized spacial score (nSPS) is 9.88. The van der Waals surface area contributed by atoms with Crippen LogP contribution in [0.25, 0.3) is 11.1 Å². The second-order valence-corrected chi connectivity index (χ2v) is 3.56. The van der Waals surface area contributed by atoms with Crippen molar-refractivity contribution in [2.45, 2.75) is 0 Å². The average Bonchev–Trinajstić information content (AvgIpc) is 2.72. The van der Waals surface area contributed by atoms with Gasteiger partial charge in [-0.05, 0) is 17.7 Å². The summed E-state index contributed by atoms with van der Waals surface area (Å²) in [4.78, 5) is 11.0. The Morgan fingerprint density at radius 1 is 1.41 bits per heavy atom. The molecule has 0 aliphatic heterocycles. The van der Waals surface area contributed by atoms with Gasteiger partial charge in [-0.15, -0.1) is 0 Å². The maximum Gasteiger partial charge on any atom is 0.357 e. The van der Waals surface area contributed by atoms with Gasteiger partial charge in [0, 0.05) is 18.8 Å². The minimum atomic E-state index is -1.06. The summed E-state index contributed by atoms with van der Waals surface area (Å²) in [5, 5.41) is 21.6. The Morgan fingerprint density at radius 3 is 2.59 bits per heavy atom. The molecule has 0 saturated heterocycles. The monoisotopic (exact) mass is 227 g/mol.